The van der Waals surface area contributed by atoms with Gasteiger partial charge in [0.25, 0.3) is 0 Å². The predicted octanol–water partition coefficient (Wildman–Crippen LogP) is 4.94. The van der Waals surface area contributed by atoms with Crippen molar-refractivity contribution in [1.29, 1.82) is 0 Å². The van der Waals surface area contributed by atoms with Gasteiger partial charge in [-0.1, -0.05) is 30.0 Å². The van der Waals surface area contributed by atoms with E-state index in [1.807, 2.05) is 50.3 Å². The second kappa shape index (κ2) is 9.82. The summed E-state index contributed by atoms with van der Waals surface area (Å²) in [6.07, 6.45) is 1.89. The van der Waals surface area contributed by atoms with E-state index in [4.69, 9.17) is 9.47 Å². The molecule has 0 amide bonds. The van der Waals surface area contributed by atoms with Crippen molar-refractivity contribution in [2.45, 2.75) is 27.3 Å². The zero-order valence-corrected chi connectivity index (χ0v) is 18.5. The summed E-state index contributed by atoms with van der Waals surface area (Å²) >= 11 is 1.26. The Labute approximate surface area is 180 Å². The number of carbonyl (C=O) groups is 1. The summed E-state index contributed by atoms with van der Waals surface area (Å²) in [5, 5.41) is 11.3. The van der Waals surface area contributed by atoms with Crippen LogP contribution in [0.1, 0.15) is 23.9 Å². The topological polar surface area (TPSA) is 73.0 Å². The van der Waals surface area contributed by atoms with Crippen molar-refractivity contribution in [2.75, 3.05) is 20.3 Å². The molecule has 0 saturated heterocycles. The number of aliphatic hydroxyl groups is 1. The van der Waals surface area contributed by atoms with Gasteiger partial charge in [0.1, 0.15) is 16.4 Å². The minimum absolute atomic E-state index is 0.102. The number of para-hydroxylation sites is 1. The summed E-state index contributed by atoms with van der Waals surface area (Å²) in [5.74, 6) is -0.680. The second-order valence-corrected chi connectivity index (χ2v) is 7.81. The number of esters is 1. The SMILES string of the molecule is CCOC(=O)C1=C(O)/C(=C/c2cc(C)n(CCOC)c2C)SC1=Nc1ccccc1. The van der Waals surface area contributed by atoms with E-state index < -0.39 is 5.97 Å². The monoisotopic (exact) mass is 426 g/mol. The third-order valence-electron chi connectivity index (χ3n) is 4.78. The quantitative estimate of drug-likeness (QED) is 0.635. The first-order valence-electron chi connectivity index (χ1n) is 9.76. The Morgan fingerprint density at radius 3 is 2.67 bits per heavy atom. The maximum Gasteiger partial charge on any atom is 0.344 e. The molecule has 6 nitrogen and oxygen atoms in total. The first kappa shape index (κ1) is 21.9. The van der Waals surface area contributed by atoms with Crippen molar-refractivity contribution < 1.29 is 19.4 Å². The number of nitrogens with zero attached hydrogens (tertiary/aromatic N) is 2. The number of thioether (sulfide) groups is 1. The number of ether oxygens (including phenoxy) is 2. The van der Waals surface area contributed by atoms with Crippen LogP contribution in [0.5, 0.6) is 0 Å². The van der Waals surface area contributed by atoms with Crippen LogP contribution in [-0.4, -0.2) is 41.0 Å². The molecule has 30 heavy (non-hydrogen) atoms. The van der Waals surface area contributed by atoms with E-state index in [2.05, 4.69) is 15.6 Å². The number of benzene rings is 1. The molecule has 2 aromatic rings. The zero-order chi connectivity index (χ0) is 21.7. The van der Waals surface area contributed by atoms with Crippen molar-refractivity contribution in [1.82, 2.24) is 4.57 Å². The Balaban J connectivity index is 2.02. The highest BCUT2D eigenvalue weighted by atomic mass is 32.2. The van der Waals surface area contributed by atoms with Gasteiger partial charge in [-0.2, -0.15) is 0 Å². The van der Waals surface area contributed by atoms with Crippen molar-refractivity contribution in [3.8, 4) is 0 Å². The molecule has 0 saturated carbocycles. The van der Waals surface area contributed by atoms with Crippen LogP contribution in [-0.2, 0) is 20.8 Å². The highest BCUT2D eigenvalue weighted by Crippen LogP contribution is 2.40. The van der Waals surface area contributed by atoms with Crippen LogP contribution in [0.4, 0.5) is 5.69 Å². The zero-order valence-electron chi connectivity index (χ0n) is 17.6. The molecule has 158 valence electrons. The molecule has 2 heterocycles. The van der Waals surface area contributed by atoms with Gasteiger partial charge in [-0.3, -0.25) is 0 Å². The number of rotatable bonds is 7. The average molecular weight is 427 g/mol. The van der Waals surface area contributed by atoms with Gasteiger partial charge < -0.3 is 19.1 Å². The number of aryl methyl sites for hydroxylation is 1. The lowest BCUT2D eigenvalue weighted by Gasteiger charge is -2.08. The molecular formula is C23H26N2O4S. The van der Waals surface area contributed by atoms with E-state index in [-0.39, 0.29) is 17.9 Å². The molecule has 0 bridgehead atoms. The Hall–Kier alpha value is -2.77. The number of hydrogen-bond acceptors (Lipinski definition) is 6. The van der Waals surface area contributed by atoms with Crippen LogP contribution >= 0.6 is 11.8 Å². The highest BCUT2D eigenvalue weighted by Gasteiger charge is 2.33. The van der Waals surface area contributed by atoms with Crippen molar-refractivity contribution in [2.24, 2.45) is 4.99 Å². The van der Waals surface area contributed by atoms with E-state index in [1.54, 1.807) is 14.0 Å². The van der Waals surface area contributed by atoms with E-state index >= 15 is 0 Å². The maximum atomic E-state index is 12.5. The van der Waals surface area contributed by atoms with Gasteiger partial charge in [0.2, 0.25) is 0 Å². The van der Waals surface area contributed by atoms with E-state index in [1.165, 1.54) is 11.8 Å². The Bertz CT molecular complexity index is 1020. The van der Waals surface area contributed by atoms with Gasteiger partial charge in [0.15, 0.2) is 0 Å². The van der Waals surface area contributed by atoms with Crippen molar-refractivity contribution in [3.05, 3.63) is 69.6 Å². The lowest BCUT2D eigenvalue weighted by molar-refractivity contribution is -0.138. The third kappa shape index (κ3) is 4.68. The van der Waals surface area contributed by atoms with Crippen molar-refractivity contribution in [3.63, 3.8) is 0 Å². The molecule has 0 aliphatic carbocycles. The van der Waals surface area contributed by atoms with Crippen LogP contribution < -0.4 is 0 Å². The first-order valence-corrected chi connectivity index (χ1v) is 10.6. The molecule has 1 aliphatic heterocycles. The van der Waals surface area contributed by atoms with E-state index in [0.717, 1.165) is 23.5 Å². The predicted molar refractivity (Wildman–Crippen MR) is 121 cm³/mol. The van der Waals surface area contributed by atoms with Crippen LogP contribution in [0.3, 0.4) is 0 Å². The lowest BCUT2D eigenvalue weighted by Crippen LogP contribution is -2.12. The number of aliphatic hydroxyl groups excluding tert-OH is 1. The van der Waals surface area contributed by atoms with Crippen LogP contribution in [0.15, 0.2) is 57.6 Å². The first-order chi connectivity index (χ1) is 14.5. The standard InChI is InChI=1S/C23H26N2O4S/c1-5-29-23(27)20-21(26)19(30-22(20)24-18-9-7-6-8-10-18)14-17-13-15(2)25(16(17)3)11-12-28-4/h6-10,13-14,26H,5,11-12H2,1-4H3/b19-14-,24-22?. The minimum Gasteiger partial charge on any atom is -0.506 e. The molecule has 0 spiro atoms. The van der Waals surface area contributed by atoms with E-state index in [0.29, 0.717) is 22.2 Å². The number of carbonyl (C=O) groups excluding carboxylic acids is 1. The van der Waals surface area contributed by atoms with Gasteiger partial charge in [-0.15, -0.1) is 0 Å². The summed E-state index contributed by atoms with van der Waals surface area (Å²) in [6.45, 7) is 7.39. The normalized spacial score (nSPS) is 16.7. The summed E-state index contributed by atoms with van der Waals surface area (Å²) in [5.41, 5.74) is 3.95. The fraction of sp³-hybridized carbons (Fsp3) is 0.304. The van der Waals surface area contributed by atoms with Gasteiger partial charge in [-0.05, 0) is 50.6 Å². The van der Waals surface area contributed by atoms with Crippen molar-refractivity contribution >= 4 is 34.5 Å². The molecule has 1 aliphatic rings. The summed E-state index contributed by atoms with van der Waals surface area (Å²) < 4.78 is 12.5. The molecule has 3 rings (SSSR count). The molecule has 1 aromatic heterocycles. The van der Waals surface area contributed by atoms with Crippen LogP contribution in [0.25, 0.3) is 6.08 Å². The molecular weight excluding hydrogens is 400 g/mol. The van der Waals surface area contributed by atoms with Crippen LogP contribution in [0.2, 0.25) is 0 Å². The van der Waals surface area contributed by atoms with Gasteiger partial charge in [0, 0.05) is 25.0 Å². The van der Waals surface area contributed by atoms with Crippen LogP contribution in [0, 0.1) is 13.8 Å². The number of aromatic nitrogens is 1. The molecule has 0 unspecified atom stereocenters. The maximum absolute atomic E-state index is 12.5. The largest absolute Gasteiger partial charge is 0.506 e. The Morgan fingerprint density at radius 2 is 2.00 bits per heavy atom. The van der Waals surface area contributed by atoms with Gasteiger partial charge >= 0.3 is 5.97 Å². The minimum atomic E-state index is -0.578. The molecule has 1 aromatic carbocycles. The molecule has 0 atom stereocenters. The molecule has 7 heteroatoms. The fourth-order valence-corrected chi connectivity index (χ4v) is 4.28. The molecule has 0 fully saturated rings. The average Bonchev–Trinajstić information content (AvgIpc) is 3.17. The molecule has 1 N–H and O–H groups in total. The Morgan fingerprint density at radius 1 is 1.27 bits per heavy atom. The highest BCUT2D eigenvalue weighted by molar-refractivity contribution is 8.18. The molecule has 0 radical (unpaired) electrons. The summed E-state index contributed by atoms with van der Waals surface area (Å²) in [7, 11) is 1.68. The van der Waals surface area contributed by atoms with Gasteiger partial charge in [-0.25, -0.2) is 9.79 Å². The smallest absolute Gasteiger partial charge is 0.344 e. The summed E-state index contributed by atoms with van der Waals surface area (Å²) in [6, 6.07) is 11.4. The second-order valence-electron chi connectivity index (χ2n) is 6.78. The Kier molecular flexibility index (Phi) is 7.18. The lowest BCUT2D eigenvalue weighted by atomic mass is 10.2. The third-order valence-corrected chi connectivity index (χ3v) is 5.80. The number of methoxy groups -OCH3 is 1. The van der Waals surface area contributed by atoms with E-state index in [9.17, 15) is 9.90 Å². The fourth-order valence-electron chi connectivity index (χ4n) is 3.25. The summed E-state index contributed by atoms with van der Waals surface area (Å²) in [4.78, 5) is 17.7. The van der Waals surface area contributed by atoms with Gasteiger partial charge in [0.05, 0.1) is 23.8 Å². The number of hydrogen-bond donors (Lipinski definition) is 1. The number of aliphatic imine (C=N–C) groups is 1.